The van der Waals surface area contributed by atoms with Crippen LogP contribution < -0.4 is 23.8 Å². The highest BCUT2D eigenvalue weighted by Gasteiger charge is 2.38. The number of carbonyl (C=O) groups is 1. The molecular formula is C26H28N2O6S. The number of rotatable bonds is 7. The van der Waals surface area contributed by atoms with E-state index in [1.54, 1.807) is 31.4 Å². The van der Waals surface area contributed by atoms with Crippen molar-refractivity contribution in [1.29, 1.82) is 0 Å². The van der Waals surface area contributed by atoms with Crippen molar-refractivity contribution in [3.05, 3.63) is 77.9 Å². The molecule has 1 amide bonds. The molecule has 3 aromatic carbocycles. The van der Waals surface area contributed by atoms with E-state index in [1.807, 2.05) is 44.2 Å². The van der Waals surface area contributed by atoms with Gasteiger partial charge in [-0.25, -0.2) is 8.42 Å². The van der Waals surface area contributed by atoms with Crippen LogP contribution in [-0.2, 0) is 14.8 Å². The molecule has 1 aliphatic rings. The standard InChI is InChI=1S/C26H28N2O6S/c1-17-9-14-22-24(15-17)34-25(26(29)27-18(2)21-7-5-6-8-23(21)33-4)16-28(22)35(30,31)20-12-10-19(32-3)11-13-20/h5-15,18,25H,16H2,1-4H3,(H,27,29)/t18-,25+/m1/s1. The number of methoxy groups -OCH3 is 2. The van der Waals surface area contributed by atoms with Crippen molar-refractivity contribution in [3.63, 3.8) is 0 Å². The van der Waals surface area contributed by atoms with Crippen LogP contribution in [0.25, 0.3) is 0 Å². The van der Waals surface area contributed by atoms with Gasteiger partial charge in [-0.2, -0.15) is 0 Å². The van der Waals surface area contributed by atoms with Crippen LogP contribution in [0.5, 0.6) is 17.2 Å². The number of fused-ring (bicyclic) bond motifs is 1. The van der Waals surface area contributed by atoms with Gasteiger partial charge in [-0.3, -0.25) is 9.10 Å². The minimum atomic E-state index is -3.97. The van der Waals surface area contributed by atoms with Crippen LogP contribution >= 0.6 is 0 Å². The van der Waals surface area contributed by atoms with Gasteiger partial charge in [0.05, 0.1) is 37.4 Å². The maximum atomic E-state index is 13.6. The average molecular weight is 497 g/mol. The molecule has 1 N–H and O–H groups in total. The lowest BCUT2D eigenvalue weighted by molar-refractivity contribution is -0.128. The molecule has 4 rings (SSSR count). The summed E-state index contributed by atoms with van der Waals surface area (Å²) in [5.41, 5.74) is 2.07. The molecule has 0 bridgehead atoms. The Morgan fingerprint density at radius 3 is 2.46 bits per heavy atom. The number of nitrogens with zero attached hydrogens (tertiary/aromatic N) is 1. The molecule has 2 atom stereocenters. The molecule has 35 heavy (non-hydrogen) atoms. The van der Waals surface area contributed by atoms with Gasteiger partial charge in [-0.15, -0.1) is 0 Å². The second-order valence-corrected chi connectivity index (χ2v) is 10.1. The predicted octanol–water partition coefficient (Wildman–Crippen LogP) is 3.85. The van der Waals surface area contributed by atoms with Crippen molar-refractivity contribution in [2.45, 2.75) is 30.9 Å². The largest absolute Gasteiger partial charge is 0.497 e. The third kappa shape index (κ3) is 4.90. The molecule has 0 saturated carbocycles. The van der Waals surface area contributed by atoms with Gasteiger partial charge in [0, 0.05) is 5.56 Å². The fraction of sp³-hybridized carbons (Fsp3) is 0.269. The molecule has 0 fully saturated rings. The molecule has 0 radical (unpaired) electrons. The van der Waals surface area contributed by atoms with E-state index >= 15 is 0 Å². The van der Waals surface area contributed by atoms with Crippen LogP contribution in [-0.4, -0.2) is 41.2 Å². The summed E-state index contributed by atoms with van der Waals surface area (Å²) in [5.74, 6) is 1.10. The number of amides is 1. The third-order valence-corrected chi connectivity index (χ3v) is 7.68. The molecule has 9 heteroatoms. The van der Waals surface area contributed by atoms with Gasteiger partial charge < -0.3 is 19.5 Å². The summed E-state index contributed by atoms with van der Waals surface area (Å²) in [4.78, 5) is 13.3. The molecule has 184 valence electrons. The zero-order valence-corrected chi connectivity index (χ0v) is 20.8. The Bertz CT molecular complexity index is 1320. The summed E-state index contributed by atoms with van der Waals surface area (Å²) >= 11 is 0. The van der Waals surface area contributed by atoms with Gasteiger partial charge in [0.15, 0.2) is 6.10 Å². The number of aryl methyl sites for hydroxylation is 1. The smallest absolute Gasteiger partial charge is 0.264 e. The van der Waals surface area contributed by atoms with Crippen LogP contribution in [0.4, 0.5) is 5.69 Å². The lowest BCUT2D eigenvalue weighted by Gasteiger charge is -2.35. The molecule has 8 nitrogen and oxygen atoms in total. The number of hydrogen-bond donors (Lipinski definition) is 1. The van der Waals surface area contributed by atoms with Crippen LogP contribution in [0.3, 0.4) is 0 Å². The van der Waals surface area contributed by atoms with Gasteiger partial charge in [0.1, 0.15) is 17.2 Å². The zero-order chi connectivity index (χ0) is 25.2. The molecule has 0 aliphatic carbocycles. The van der Waals surface area contributed by atoms with E-state index in [-0.39, 0.29) is 17.5 Å². The quantitative estimate of drug-likeness (QED) is 0.534. The highest BCUT2D eigenvalue weighted by molar-refractivity contribution is 7.92. The van der Waals surface area contributed by atoms with Gasteiger partial charge in [-0.1, -0.05) is 24.3 Å². The molecule has 1 heterocycles. The van der Waals surface area contributed by atoms with Crippen molar-refractivity contribution >= 4 is 21.6 Å². The van der Waals surface area contributed by atoms with Crippen molar-refractivity contribution in [2.75, 3.05) is 25.1 Å². The van der Waals surface area contributed by atoms with Crippen LogP contribution in [0.2, 0.25) is 0 Å². The predicted molar refractivity (Wildman–Crippen MR) is 133 cm³/mol. The fourth-order valence-electron chi connectivity index (χ4n) is 4.01. The lowest BCUT2D eigenvalue weighted by atomic mass is 10.1. The number of carbonyl (C=O) groups excluding carboxylic acids is 1. The summed E-state index contributed by atoms with van der Waals surface area (Å²) in [5, 5.41) is 2.93. The third-order valence-electron chi connectivity index (χ3n) is 5.89. The molecule has 0 spiro atoms. The molecule has 3 aromatic rings. The minimum Gasteiger partial charge on any atom is -0.497 e. The Hall–Kier alpha value is -3.72. The van der Waals surface area contributed by atoms with E-state index in [1.165, 1.54) is 23.5 Å². The van der Waals surface area contributed by atoms with Gasteiger partial charge in [0.25, 0.3) is 15.9 Å². The summed E-state index contributed by atoms with van der Waals surface area (Å²) in [7, 11) is -0.892. The second kappa shape index (κ2) is 9.87. The van der Waals surface area contributed by atoms with E-state index in [0.29, 0.717) is 22.9 Å². The van der Waals surface area contributed by atoms with E-state index < -0.39 is 22.0 Å². The Kier molecular flexibility index (Phi) is 6.88. The van der Waals surface area contributed by atoms with Crippen LogP contribution in [0.1, 0.15) is 24.1 Å². The normalized spacial score (nSPS) is 16.0. The molecule has 0 aromatic heterocycles. The Balaban J connectivity index is 1.64. The van der Waals surface area contributed by atoms with E-state index in [0.717, 1.165) is 11.1 Å². The fourth-order valence-corrected chi connectivity index (χ4v) is 5.48. The van der Waals surface area contributed by atoms with E-state index in [9.17, 15) is 13.2 Å². The molecule has 0 unspecified atom stereocenters. The molecular weight excluding hydrogens is 468 g/mol. The first-order chi connectivity index (χ1) is 16.7. The summed E-state index contributed by atoms with van der Waals surface area (Å²) in [6.07, 6.45) is -1.05. The number of hydrogen-bond acceptors (Lipinski definition) is 6. The number of sulfonamides is 1. The Morgan fingerprint density at radius 1 is 1.06 bits per heavy atom. The van der Waals surface area contributed by atoms with Crippen molar-refractivity contribution in [3.8, 4) is 17.2 Å². The Labute approximate surface area is 205 Å². The maximum Gasteiger partial charge on any atom is 0.264 e. The number of para-hydroxylation sites is 1. The number of benzene rings is 3. The van der Waals surface area contributed by atoms with E-state index in [4.69, 9.17) is 14.2 Å². The highest BCUT2D eigenvalue weighted by atomic mass is 32.2. The number of anilines is 1. The number of ether oxygens (including phenoxy) is 3. The maximum absolute atomic E-state index is 13.6. The highest BCUT2D eigenvalue weighted by Crippen LogP contribution is 2.38. The number of nitrogens with one attached hydrogen (secondary N) is 1. The summed E-state index contributed by atoms with van der Waals surface area (Å²) in [6, 6.07) is 18.4. The minimum absolute atomic E-state index is 0.0910. The van der Waals surface area contributed by atoms with Crippen molar-refractivity contribution in [1.82, 2.24) is 5.32 Å². The summed E-state index contributed by atoms with van der Waals surface area (Å²) < 4.78 is 45.0. The van der Waals surface area contributed by atoms with Gasteiger partial charge in [-0.05, 0) is 61.9 Å². The van der Waals surface area contributed by atoms with Crippen LogP contribution in [0, 0.1) is 6.92 Å². The van der Waals surface area contributed by atoms with E-state index in [2.05, 4.69) is 5.32 Å². The molecule has 1 aliphatic heterocycles. The Morgan fingerprint density at radius 2 is 1.77 bits per heavy atom. The SMILES string of the molecule is COc1ccc(S(=O)(=O)N2C[C@@H](C(=O)N[C@H](C)c3ccccc3OC)Oc3cc(C)ccc32)cc1. The first-order valence-corrected chi connectivity index (χ1v) is 12.6. The zero-order valence-electron chi connectivity index (χ0n) is 20.0. The average Bonchev–Trinajstić information content (AvgIpc) is 2.87. The lowest BCUT2D eigenvalue weighted by Crippen LogP contribution is -2.51. The molecule has 0 saturated heterocycles. The first-order valence-electron chi connectivity index (χ1n) is 11.1. The second-order valence-electron chi connectivity index (χ2n) is 8.26. The van der Waals surface area contributed by atoms with Gasteiger partial charge >= 0.3 is 0 Å². The van der Waals surface area contributed by atoms with Gasteiger partial charge in [0.2, 0.25) is 0 Å². The summed E-state index contributed by atoms with van der Waals surface area (Å²) in [6.45, 7) is 3.54. The topological polar surface area (TPSA) is 94.2 Å². The van der Waals surface area contributed by atoms with Crippen LogP contribution in [0.15, 0.2) is 71.6 Å². The monoisotopic (exact) mass is 496 g/mol. The first kappa shape index (κ1) is 24.4. The van der Waals surface area contributed by atoms with Crippen molar-refractivity contribution in [2.24, 2.45) is 0 Å². The van der Waals surface area contributed by atoms with Crippen molar-refractivity contribution < 1.29 is 27.4 Å².